The maximum atomic E-state index is 12.4. The van der Waals surface area contributed by atoms with E-state index in [0.29, 0.717) is 12.8 Å². The average molecular weight is 892 g/mol. The first-order chi connectivity index (χ1) is 30.1. The first kappa shape index (κ1) is 58.9. The van der Waals surface area contributed by atoms with Crippen molar-refractivity contribution in [3.05, 3.63) is 72.9 Å². The van der Waals surface area contributed by atoms with E-state index in [0.717, 1.165) is 96.3 Å². The summed E-state index contributed by atoms with van der Waals surface area (Å²) in [6, 6.07) is -1.56. The van der Waals surface area contributed by atoms with Crippen LogP contribution in [0.25, 0.3) is 0 Å². The Labute approximate surface area is 376 Å². The van der Waals surface area contributed by atoms with E-state index < -0.39 is 57.6 Å². The van der Waals surface area contributed by atoms with Gasteiger partial charge in [-0.2, -0.15) is 0 Å². The molecule has 0 aliphatic heterocycles. The molecule has 0 aromatic carbocycles. The third kappa shape index (κ3) is 43.6. The molecule has 0 saturated carbocycles. The second-order valence-electron chi connectivity index (χ2n) is 15.9. The molecule has 0 saturated heterocycles. The minimum atomic E-state index is -4.77. The molecule has 0 aromatic rings. The first-order valence-corrected chi connectivity index (χ1v) is 25.5. The summed E-state index contributed by atoms with van der Waals surface area (Å²) >= 11 is 0. The van der Waals surface area contributed by atoms with Gasteiger partial charge in [0.15, 0.2) is 6.04 Å². The van der Waals surface area contributed by atoms with E-state index in [1.165, 1.54) is 57.8 Å². The van der Waals surface area contributed by atoms with E-state index in [1.54, 1.807) is 0 Å². The summed E-state index contributed by atoms with van der Waals surface area (Å²) in [5, 5.41) is 21.9. The molecule has 4 N–H and O–H groups in total. The number of amides is 1. The van der Waals surface area contributed by atoms with E-state index in [4.69, 9.17) is 13.8 Å². The third-order valence-corrected chi connectivity index (χ3v) is 10.9. The standard InChI is InChI=1S/C50H86NO10P/c1-3-5-7-9-11-13-15-17-19-21-22-23-24-26-27-29-31-33-35-37-39-41-48(53)51-47(50(55)56)45-61-62(57,58)60-44-46(52)43-59-49(54)42-40-38-36-34-32-30-28-25-20-18-16-14-12-10-8-6-4-2/h6,8,11-14,17-20,22-23,46-47,52H,3-5,7,9-10,15-16,21,24-45H2,1-2H3,(H,51,53)(H,55,56)(H,57,58)/b8-6-,13-11-,14-12-,19-17-,20-18-,23-22-. The van der Waals surface area contributed by atoms with Crippen molar-refractivity contribution in [3.8, 4) is 0 Å². The maximum Gasteiger partial charge on any atom is 0.472 e. The molecule has 3 atom stereocenters. The number of hydrogen-bond acceptors (Lipinski definition) is 8. The fourth-order valence-electron chi connectivity index (χ4n) is 6.28. The SMILES string of the molecule is CC/C=C\C/C=C\C/C=C\CCCCCCCCCC(=O)OCC(O)COP(=O)(O)OCC(NC(=O)CCCCCCCCCC/C=C\C/C=C\C/C=C\CCCCC)C(=O)O. The van der Waals surface area contributed by atoms with Gasteiger partial charge in [-0.3, -0.25) is 18.6 Å². The van der Waals surface area contributed by atoms with Crippen LogP contribution in [-0.4, -0.2) is 64.9 Å². The molecule has 11 nitrogen and oxygen atoms in total. The minimum Gasteiger partial charge on any atom is -0.480 e. The molecule has 0 spiro atoms. The molecule has 3 unspecified atom stereocenters. The fraction of sp³-hybridized carbons (Fsp3) is 0.700. The van der Waals surface area contributed by atoms with Gasteiger partial charge in [0.1, 0.15) is 12.7 Å². The summed E-state index contributed by atoms with van der Waals surface area (Å²) in [6.07, 6.45) is 53.4. The molecule has 0 heterocycles. The van der Waals surface area contributed by atoms with E-state index in [1.807, 2.05) is 0 Å². The monoisotopic (exact) mass is 892 g/mol. The number of esters is 1. The van der Waals surface area contributed by atoms with Gasteiger partial charge < -0.3 is 25.2 Å². The molecule has 0 aliphatic carbocycles. The highest BCUT2D eigenvalue weighted by molar-refractivity contribution is 7.47. The maximum absolute atomic E-state index is 12.4. The topological polar surface area (TPSA) is 169 Å². The molecule has 12 heteroatoms. The summed E-state index contributed by atoms with van der Waals surface area (Å²) < 4.78 is 26.9. The van der Waals surface area contributed by atoms with Gasteiger partial charge in [0.05, 0.1) is 13.2 Å². The Kier molecular flexibility index (Phi) is 42.3. The van der Waals surface area contributed by atoms with Crippen molar-refractivity contribution in [1.82, 2.24) is 5.32 Å². The molecule has 62 heavy (non-hydrogen) atoms. The number of hydrogen-bond donors (Lipinski definition) is 4. The zero-order chi connectivity index (χ0) is 45.6. The highest BCUT2D eigenvalue weighted by atomic mass is 31.2. The Bertz CT molecular complexity index is 1320. The zero-order valence-corrected chi connectivity index (χ0v) is 39.5. The fourth-order valence-corrected chi connectivity index (χ4v) is 7.05. The second-order valence-corrected chi connectivity index (χ2v) is 17.4. The molecule has 0 rings (SSSR count). The Morgan fingerprint density at radius 2 is 0.935 bits per heavy atom. The lowest BCUT2D eigenvalue weighted by atomic mass is 10.1. The highest BCUT2D eigenvalue weighted by Gasteiger charge is 2.28. The molecule has 0 radical (unpaired) electrons. The number of carbonyl (C=O) groups excluding carboxylic acids is 2. The van der Waals surface area contributed by atoms with Gasteiger partial charge in [-0.25, -0.2) is 9.36 Å². The summed E-state index contributed by atoms with van der Waals surface area (Å²) in [7, 11) is -4.77. The molecule has 1 amide bonds. The minimum absolute atomic E-state index is 0.133. The van der Waals surface area contributed by atoms with Gasteiger partial charge in [0, 0.05) is 12.8 Å². The van der Waals surface area contributed by atoms with Crippen LogP contribution in [0.2, 0.25) is 0 Å². The van der Waals surface area contributed by atoms with Crippen LogP contribution in [0.15, 0.2) is 72.9 Å². The van der Waals surface area contributed by atoms with Gasteiger partial charge >= 0.3 is 19.8 Å². The average Bonchev–Trinajstić information content (AvgIpc) is 3.25. The quantitative estimate of drug-likeness (QED) is 0.0200. The van der Waals surface area contributed by atoms with E-state index in [9.17, 15) is 34.1 Å². The molecular formula is C50H86NO10P. The second kappa shape index (κ2) is 44.5. The van der Waals surface area contributed by atoms with Crippen LogP contribution in [0.1, 0.15) is 194 Å². The number of carboxylic acid groups (broad SMARTS) is 1. The van der Waals surface area contributed by atoms with Gasteiger partial charge in [-0.1, -0.05) is 170 Å². The number of phosphoric ester groups is 1. The van der Waals surface area contributed by atoms with Crippen molar-refractivity contribution in [2.24, 2.45) is 0 Å². The van der Waals surface area contributed by atoms with Crippen LogP contribution < -0.4 is 5.32 Å². The van der Waals surface area contributed by atoms with Crippen LogP contribution in [-0.2, 0) is 32.7 Å². The molecule has 0 fully saturated rings. The number of unbranched alkanes of at least 4 members (excludes halogenated alkanes) is 18. The highest BCUT2D eigenvalue weighted by Crippen LogP contribution is 2.43. The Morgan fingerprint density at radius 3 is 1.40 bits per heavy atom. The third-order valence-electron chi connectivity index (χ3n) is 9.98. The Morgan fingerprint density at radius 1 is 0.532 bits per heavy atom. The van der Waals surface area contributed by atoms with E-state index in [-0.39, 0.29) is 12.8 Å². The lowest BCUT2D eigenvalue weighted by molar-refractivity contribution is -0.147. The Balaban J connectivity index is 3.90. The van der Waals surface area contributed by atoms with Crippen molar-refractivity contribution in [1.29, 1.82) is 0 Å². The lowest BCUT2D eigenvalue weighted by Gasteiger charge is -2.18. The van der Waals surface area contributed by atoms with Gasteiger partial charge in [0.2, 0.25) is 5.91 Å². The van der Waals surface area contributed by atoms with Crippen molar-refractivity contribution in [2.45, 2.75) is 206 Å². The number of aliphatic carboxylic acids is 1. The van der Waals surface area contributed by atoms with Crippen molar-refractivity contribution < 1.29 is 47.8 Å². The molecule has 0 aromatic heterocycles. The van der Waals surface area contributed by atoms with Crippen LogP contribution in [0, 0.1) is 0 Å². The van der Waals surface area contributed by atoms with E-state index >= 15 is 0 Å². The number of aliphatic hydroxyl groups excluding tert-OH is 1. The summed E-state index contributed by atoms with van der Waals surface area (Å²) in [5.41, 5.74) is 0. The van der Waals surface area contributed by atoms with Crippen LogP contribution >= 0.6 is 7.82 Å². The molecular weight excluding hydrogens is 806 g/mol. The van der Waals surface area contributed by atoms with Crippen LogP contribution in [0.4, 0.5) is 0 Å². The number of nitrogens with one attached hydrogen (secondary N) is 1. The number of allylic oxidation sites excluding steroid dienone is 12. The zero-order valence-electron chi connectivity index (χ0n) is 38.6. The number of carboxylic acids is 1. The summed E-state index contributed by atoms with van der Waals surface area (Å²) in [4.78, 5) is 46.1. The van der Waals surface area contributed by atoms with Gasteiger partial charge in [0.25, 0.3) is 0 Å². The first-order valence-electron chi connectivity index (χ1n) is 24.0. The molecule has 0 aliphatic rings. The normalized spacial score (nSPS) is 14.3. The number of aliphatic hydroxyl groups is 1. The number of phosphoric acid groups is 1. The Hall–Kier alpha value is -3.08. The predicted molar refractivity (Wildman–Crippen MR) is 254 cm³/mol. The molecule has 356 valence electrons. The smallest absolute Gasteiger partial charge is 0.472 e. The van der Waals surface area contributed by atoms with Gasteiger partial charge in [-0.05, 0) is 83.5 Å². The predicted octanol–water partition coefficient (Wildman–Crippen LogP) is 12.9. The van der Waals surface area contributed by atoms with Crippen molar-refractivity contribution in [2.75, 3.05) is 19.8 Å². The number of rotatable bonds is 44. The number of carbonyl (C=O) groups is 3. The summed E-state index contributed by atoms with van der Waals surface area (Å²) in [5.74, 6) is -2.40. The lowest BCUT2D eigenvalue weighted by Crippen LogP contribution is -2.43. The van der Waals surface area contributed by atoms with Crippen LogP contribution in [0.3, 0.4) is 0 Å². The summed E-state index contributed by atoms with van der Waals surface area (Å²) in [6.45, 7) is 2.45. The van der Waals surface area contributed by atoms with Crippen molar-refractivity contribution >= 4 is 25.7 Å². The van der Waals surface area contributed by atoms with Crippen molar-refractivity contribution in [3.63, 3.8) is 0 Å². The van der Waals surface area contributed by atoms with Crippen LogP contribution in [0.5, 0.6) is 0 Å². The largest absolute Gasteiger partial charge is 0.480 e. The number of ether oxygens (including phenoxy) is 1. The van der Waals surface area contributed by atoms with Gasteiger partial charge in [-0.15, -0.1) is 0 Å². The molecule has 0 bridgehead atoms. The van der Waals surface area contributed by atoms with E-state index in [2.05, 4.69) is 92.1 Å².